The molecule has 0 aliphatic rings. The number of carbonyl (C=O) groups is 1. The number of hydrogen-bond donors (Lipinski definition) is 0. The van der Waals surface area contributed by atoms with Gasteiger partial charge in [0.2, 0.25) is 0 Å². The van der Waals surface area contributed by atoms with Crippen LogP contribution in [0.1, 0.15) is 20.8 Å². The van der Waals surface area contributed by atoms with E-state index in [-0.39, 0.29) is 0 Å². The minimum atomic E-state index is -0.528. The number of hydrogen-bond acceptors (Lipinski definition) is 3. The monoisotopic (exact) mass is 249 g/mol. The predicted molar refractivity (Wildman–Crippen MR) is 71.9 cm³/mol. The second kappa shape index (κ2) is 5.58. The first-order valence-corrected chi connectivity index (χ1v) is 5.68. The first-order valence-electron chi connectivity index (χ1n) is 5.68. The molecule has 1 aromatic carbocycles. The second-order valence-corrected chi connectivity index (χ2v) is 4.79. The number of rotatable bonds is 3. The Labute approximate surface area is 108 Å². The van der Waals surface area contributed by atoms with E-state index >= 15 is 0 Å². The van der Waals surface area contributed by atoms with Crippen LogP contribution in [-0.2, 0) is 4.74 Å². The van der Waals surface area contributed by atoms with E-state index in [0.29, 0.717) is 11.4 Å². The van der Waals surface area contributed by atoms with Crippen molar-refractivity contribution in [1.82, 2.24) is 0 Å². The fraction of sp³-hybridized carbons (Fsp3) is 0.357. The van der Waals surface area contributed by atoms with Crippen molar-refractivity contribution in [2.45, 2.75) is 26.4 Å². The summed E-state index contributed by atoms with van der Waals surface area (Å²) in [6.45, 7) is 8.98. The molecule has 0 aliphatic heterocycles. The number of amides is 1. The standard InChI is InChI=1S/C14H19NO3/c1-6-17-12-10-8-7-9-11(12)15(5)13(16)18-14(2,3)4/h6-10H,1H2,2-5H3. The van der Waals surface area contributed by atoms with Gasteiger partial charge in [-0.2, -0.15) is 0 Å². The number of ether oxygens (including phenoxy) is 2. The highest BCUT2D eigenvalue weighted by Crippen LogP contribution is 2.28. The van der Waals surface area contributed by atoms with Gasteiger partial charge in [0.15, 0.2) is 0 Å². The Morgan fingerprint density at radius 2 is 1.94 bits per heavy atom. The van der Waals surface area contributed by atoms with Gasteiger partial charge in [0.25, 0.3) is 0 Å². The van der Waals surface area contributed by atoms with Crippen LogP contribution in [0.25, 0.3) is 0 Å². The highest BCUT2D eigenvalue weighted by molar-refractivity contribution is 5.89. The van der Waals surface area contributed by atoms with Crippen molar-refractivity contribution in [1.29, 1.82) is 0 Å². The summed E-state index contributed by atoms with van der Waals surface area (Å²) in [6, 6.07) is 7.19. The number of carbonyl (C=O) groups excluding carboxylic acids is 1. The average molecular weight is 249 g/mol. The predicted octanol–water partition coefficient (Wildman–Crippen LogP) is 3.58. The third kappa shape index (κ3) is 3.80. The molecule has 0 fully saturated rings. The van der Waals surface area contributed by atoms with Crippen molar-refractivity contribution >= 4 is 11.8 Å². The summed E-state index contributed by atoms with van der Waals surface area (Å²) in [7, 11) is 1.64. The smallest absolute Gasteiger partial charge is 0.414 e. The van der Waals surface area contributed by atoms with E-state index in [4.69, 9.17) is 9.47 Å². The SMILES string of the molecule is C=COc1ccccc1N(C)C(=O)OC(C)(C)C. The topological polar surface area (TPSA) is 38.8 Å². The lowest BCUT2D eigenvalue weighted by molar-refractivity contribution is 0.0588. The molecule has 0 saturated heterocycles. The van der Waals surface area contributed by atoms with Crippen molar-refractivity contribution in [3.63, 3.8) is 0 Å². The molecule has 0 N–H and O–H groups in total. The molecule has 0 atom stereocenters. The third-order valence-corrected chi connectivity index (χ3v) is 2.10. The van der Waals surface area contributed by atoms with Crippen LogP contribution in [0.2, 0.25) is 0 Å². The molecule has 0 aliphatic carbocycles. The molecule has 1 aromatic rings. The number of nitrogens with zero attached hydrogens (tertiary/aromatic N) is 1. The number of benzene rings is 1. The maximum absolute atomic E-state index is 11.9. The molecule has 4 heteroatoms. The Bertz CT molecular complexity index is 435. The van der Waals surface area contributed by atoms with Crippen LogP contribution in [0, 0.1) is 0 Å². The van der Waals surface area contributed by atoms with Crippen LogP contribution in [0.4, 0.5) is 10.5 Å². The van der Waals surface area contributed by atoms with Crippen molar-refractivity contribution in [2.75, 3.05) is 11.9 Å². The second-order valence-electron chi connectivity index (χ2n) is 4.79. The Kier molecular flexibility index (Phi) is 4.37. The quantitative estimate of drug-likeness (QED) is 0.768. The summed E-state index contributed by atoms with van der Waals surface area (Å²) < 4.78 is 10.5. The maximum Gasteiger partial charge on any atom is 0.414 e. The molecule has 18 heavy (non-hydrogen) atoms. The minimum absolute atomic E-state index is 0.428. The van der Waals surface area contributed by atoms with E-state index in [2.05, 4.69) is 6.58 Å². The van der Waals surface area contributed by atoms with Crippen LogP contribution in [0.15, 0.2) is 37.1 Å². The zero-order chi connectivity index (χ0) is 13.8. The summed E-state index contributed by atoms with van der Waals surface area (Å²) in [4.78, 5) is 13.3. The van der Waals surface area contributed by atoms with E-state index in [9.17, 15) is 4.79 Å². The average Bonchev–Trinajstić information content (AvgIpc) is 2.27. The molecule has 0 radical (unpaired) electrons. The molecule has 0 saturated carbocycles. The van der Waals surface area contributed by atoms with E-state index < -0.39 is 11.7 Å². The van der Waals surface area contributed by atoms with Crippen molar-refractivity contribution in [2.24, 2.45) is 0 Å². The minimum Gasteiger partial charge on any atom is -0.463 e. The van der Waals surface area contributed by atoms with E-state index in [1.807, 2.05) is 32.9 Å². The van der Waals surface area contributed by atoms with Gasteiger partial charge in [-0.05, 0) is 32.9 Å². The van der Waals surface area contributed by atoms with E-state index in [0.717, 1.165) is 0 Å². The van der Waals surface area contributed by atoms with Gasteiger partial charge in [-0.15, -0.1) is 0 Å². The van der Waals surface area contributed by atoms with Gasteiger partial charge in [0.1, 0.15) is 11.4 Å². The van der Waals surface area contributed by atoms with Crippen LogP contribution < -0.4 is 9.64 Å². The molecule has 0 spiro atoms. The molecule has 1 amide bonds. The Balaban J connectivity index is 2.92. The Morgan fingerprint density at radius 1 is 1.33 bits per heavy atom. The summed E-state index contributed by atoms with van der Waals surface area (Å²) in [6.07, 6.45) is 0.893. The molecule has 98 valence electrons. The van der Waals surface area contributed by atoms with E-state index in [1.54, 1.807) is 19.2 Å². The lowest BCUT2D eigenvalue weighted by Crippen LogP contribution is -2.34. The van der Waals surface area contributed by atoms with Gasteiger partial charge in [-0.25, -0.2) is 4.79 Å². The largest absolute Gasteiger partial charge is 0.463 e. The fourth-order valence-electron chi connectivity index (χ4n) is 1.35. The first kappa shape index (κ1) is 14.1. The van der Waals surface area contributed by atoms with Gasteiger partial charge < -0.3 is 9.47 Å². The van der Waals surface area contributed by atoms with Crippen LogP contribution in [0.3, 0.4) is 0 Å². The summed E-state index contributed by atoms with van der Waals surface area (Å²) in [5.41, 5.74) is 0.103. The summed E-state index contributed by atoms with van der Waals surface area (Å²) in [5, 5.41) is 0. The van der Waals surface area contributed by atoms with Gasteiger partial charge in [-0.1, -0.05) is 18.7 Å². The molecule has 4 nitrogen and oxygen atoms in total. The van der Waals surface area contributed by atoms with Crippen molar-refractivity contribution in [3.8, 4) is 5.75 Å². The molecular weight excluding hydrogens is 230 g/mol. The maximum atomic E-state index is 11.9. The summed E-state index contributed by atoms with van der Waals surface area (Å²) in [5.74, 6) is 0.556. The molecule has 0 aromatic heterocycles. The molecular formula is C14H19NO3. The van der Waals surface area contributed by atoms with Crippen LogP contribution in [-0.4, -0.2) is 18.7 Å². The fourth-order valence-corrected chi connectivity index (χ4v) is 1.35. The summed E-state index contributed by atoms with van der Waals surface area (Å²) >= 11 is 0. The highest BCUT2D eigenvalue weighted by Gasteiger charge is 2.22. The zero-order valence-electron chi connectivity index (χ0n) is 11.3. The first-order chi connectivity index (χ1) is 8.35. The van der Waals surface area contributed by atoms with Crippen LogP contribution in [0.5, 0.6) is 5.75 Å². The van der Waals surface area contributed by atoms with Gasteiger partial charge in [-0.3, -0.25) is 4.90 Å². The Hall–Kier alpha value is -1.97. The zero-order valence-corrected chi connectivity index (χ0v) is 11.3. The third-order valence-electron chi connectivity index (χ3n) is 2.10. The number of anilines is 1. The molecule has 0 heterocycles. The number of para-hydroxylation sites is 2. The lowest BCUT2D eigenvalue weighted by Gasteiger charge is -2.25. The lowest BCUT2D eigenvalue weighted by atomic mass is 10.2. The van der Waals surface area contributed by atoms with Gasteiger partial charge in [0.05, 0.1) is 11.9 Å². The van der Waals surface area contributed by atoms with Crippen molar-refractivity contribution < 1.29 is 14.3 Å². The van der Waals surface area contributed by atoms with Crippen LogP contribution >= 0.6 is 0 Å². The highest BCUT2D eigenvalue weighted by atomic mass is 16.6. The molecule has 0 unspecified atom stereocenters. The Morgan fingerprint density at radius 3 is 2.50 bits per heavy atom. The van der Waals surface area contributed by atoms with Crippen molar-refractivity contribution in [3.05, 3.63) is 37.1 Å². The van der Waals surface area contributed by atoms with Gasteiger partial charge in [0, 0.05) is 7.05 Å². The van der Waals surface area contributed by atoms with E-state index in [1.165, 1.54) is 11.2 Å². The molecule has 0 bridgehead atoms. The normalized spacial score (nSPS) is 10.7. The van der Waals surface area contributed by atoms with Gasteiger partial charge >= 0.3 is 6.09 Å². The molecule has 1 rings (SSSR count).